The van der Waals surface area contributed by atoms with Crippen molar-refractivity contribution in [3.05, 3.63) is 93.9 Å². The number of carbonyl (C=O) groups excluding carboxylic acids is 2. The van der Waals surface area contributed by atoms with Gasteiger partial charge in [0.25, 0.3) is 11.7 Å². The summed E-state index contributed by atoms with van der Waals surface area (Å²) in [5, 5.41) is 12.1. The Morgan fingerprint density at radius 1 is 1.11 bits per heavy atom. The van der Waals surface area contributed by atoms with Crippen LogP contribution in [0, 0.1) is 0 Å². The van der Waals surface area contributed by atoms with Crippen molar-refractivity contribution in [1.82, 2.24) is 4.90 Å². The van der Waals surface area contributed by atoms with E-state index in [4.69, 9.17) is 20.8 Å². The number of furan rings is 1. The molecule has 6 nitrogen and oxygen atoms in total. The van der Waals surface area contributed by atoms with Gasteiger partial charge in [0.2, 0.25) is 0 Å². The highest BCUT2D eigenvalue weighted by Crippen LogP contribution is 2.42. The third-order valence-electron chi connectivity index (χ3n) is 6.23. The van der Waals surface area contributed by atoms with Crippen LogP contribution in [0.2, 0.25) is 5.02 Å². The van der Waals surface area contributed by atoms with Crippen LogP contribution in [0.4, 0.5) is 0 Å². The number of ketones is 1. The van der Waals surface area contributed by atoms with Gasteiger partial charge in [-0.1, -0.05) is 50.6 Å². The van der Waals surface area contributed by atoms with E-state index in [0.717, 1.165) is 11.1 Å². The first-order chi connectivity index (χ1) is 16.6. The summed E-state index contributed by atoms with van der Waals surface area (Å²) in [6, 6.07) is 15.3. The number of aliphatic hydroxyl groups is 1. The first-order valence-corrected chi connectivity index (χ1v) is 11.7. The van der Waals surface area contributed by atoms with Crippen molar-refractivity contribution in [2.75, 3.05) is 13.7 Å². The van der Waals surface area contributed by atoms with Gasteiger partial charge in [0.1, 0.15) is 23.3 Å². The molecule has 0 saturated carbocycles. The van der Waals surface area contributed by atoms with Crippen molar-refractivity contribution in [2.24, 2.45) is 0 Å². The molecule has 0 bridgehead atoms. The lowest BCUT2D eigenvalue weighted by molar-refractivity contribution is -0.140. The molecule has 1 fully saturated rings. The molecule has 1 atom stereocenters. The van der Waals surface area contributed by atoms with Crippen molar-refractivity contribution in [1.29, 1.82) is 0 Å². The Morgan fingerprint density at radius 2 is 1.83 bits per heavy atom. The zero-order valence-corrected chi connectivity index (χ0v) is 20.9. The molecule has 7 heteroatoms. The molecule has 0 radical (unpaired) electrons. The van der Waals surface area contributed by atoms with Gasteiger partial charge in [-0.3, -0.25) is 9.59 Å². The Morgan fingerprint density at radius 3 is 2.43 bits per heavy atom. The Labute approximate surface area is 209 Å². The molecule has 0 spiro atoms. The van der Waals surface area contributed by atoms with E-state index < -0.39 is 17.7 Å². The number of methoxy groups -OCH3 is 1. The number of nitrogens with zero attached hydrogens (tertiary/aromatic N) is 1. The number of likely N-dealkylation sites (tertiary alicyclic amines) is 1. The lowest BCUT2D eigenvalue weighted by Gasteiger charge is -2.24. The molecule has 1 amide bonds. The fourth-order valence-corrected chi connectivity index (χ4v) is 4.38. The smallest absolute Gasteiger partial charge is 0.295 e. The number of ether oxygens (including phenoxy) is 1. The SMILES string of the molecule is COc1ccc(C(C)(C)C)cc1/C(O)=C1\C(=O)C(=O)N(CCc2ccc(Cl)cc2)C1c1ccco1. The molecule has 2 heterocycles. The minimum Gasteiger partial charge on any atom is -0.507 e. The van der Waals surface area contributed by atoms with Crippen LogP contribution in [-0.2, 0) is 21.4 Å². The minimum absolute atomic E-state index is 0.0228. The average Bonchev–Trinajstić information content (AvgIpc) is 3.44. The van der Waals surface area contributed by atoms with E-state index in [1.165, 1.54) is 18.3 Å². The second-order valence-electron chi connectivity index (χ2n) is 9.55. The maximum Gasteiger partial charge on any atom is 0.295 e. The van der Waals surface area contributed by atoms with E-state index in [1.807, 2.05) is 18.2 Å². The van der Waals surface area contributed by atoms with E-state index in [1.54, 1.807) is 36.4 Å². The largest absolute Gasteiger partial charge is 0.507 e. The van der Waals surface area contributed by atoms with Crippen LogP contribution in [0.5, 0.6) is 5.75 Å². The molecule has 1 aliphatic rings. The van der Waals surface area contributed by atoms with Crippen LogP contribution >= 0.6 is 11.6 Å². The molecule has 1 aromatic heterocycles. The molecular formula is C28H28ClNO5. The first-order valence-electron chi connectivity index (χ1n) is 11.4. The quantitative estimate of drug-likeness (QED) is 0.262. The van der Waals surface area contributed by atoms with Crippen LogP contribution in [0.15, 0.2) is 70.9 Å². The van der Waals surface area contributed by atoms with Gasteiger partial charge in [0.05, 0.1) is 24.5 Å². The summed E-state index contributed by atoms with van der Waals surface area (Å²) in [5.74, 6) is -0.938. The van der Waals surface area contributed by atoms with Crippen LogP contribution in [-0.4, -0.2) is 35.4 Å². The predicted octanol–water partition coefficient (Wildman–Crippen LogP) is 5.90. The van der Waals surface area contributed by atoms with Gasteiger partial charge in [-0.05, 0) is 59.4 Å². The van der Waals surface area contributed by atoms with Crippen molar-refractivity contribution in [2.45, 2.75) is 38.6 Å². The number of hydrogen-bond donors (Lipinski definition) is 1. The molecule has 182 valence electrons. The van der Waals surface area contributed by atoms with E-state index in [-0.39, 0.29) is 23.3 Å². The lowest BCUT2D eigenvalue weighted by atomic mass is 9.85. The number of amides is 1. The number of aliphatic hydroxyl groups excluding tert-OH is 1. The summed E-state index contributed by atoms with van der Waals surface area (Å²) >= 11 is 5.98. The van der Waals surface area contributed by atoms with Gasteiger partial charge in [-0.25, -0.2) is 0 Å². The Kier molecular flexibility index (Phi) is 6.77. The van der Waals surface area contributed by atoms with Gasteiger partial charge in [0.15, 0.2) is 0 Å². The van der Waals surface area contributed by atoms with Crippen molar-refractivity contribution < 1.29 is 23.8 Å². The highest BCUT2D eigenvalue weighted by molar-refractivity contribution is 6.46. The highest BCUT2D eigenvalue weighted by Gasteiger charge is 2.47. The average molecular weight is 494 g/mol. The molecule has 3 aromatic rings. The van der Waals surface area contributed by atoms with E-state index in [2.05, 4.69) is 20.8 Å². The maximum atomic E-state index is 13.3. The highest BCUT2D eigenvalue weighted by atomic mass is 35.5. The molecule has 1 saturated heterocycles. The lowest BCUT2D eigenvalue weighted by Crippen LogP contribution is -2.31. The van der Waals surface area contributed by atoms with Crippen LogP contribution < -0.4 is 4.74 Å². The molecule has 1 unspecified atom stereocenters. The topological polar surface area (TPSA) is 80.0 Å². The Hall–Kier alpha value is -3.51. The number of halogens is 1. The zero-order valence-electron chi connectivity index (χ0n) is 20.2. The molecule has 35 heavy (non-hydrogen) atoms. The van der Waals surface area contributed by atoms with Crippen molar-refractivity contribution >= 4 is 29.1 Å². The zero-order chi connectivity index (χ0) is 25.3. The first kappa shape index (κ1) is 24.6. The fraction of sp³-hybridized carbons (Fsp3) is 0.286. The van der Waals surface area contributed by atoms with Crippen LogP contribution in [0.1, 0.15) is 49.3 Å². The summed E-state index contributed by atoms with van der Waals surface area (Å²) in [4.78, 5) is 27.9. The number of Topliss-reactive ketones (excluding diaryl/α,β-unsaturated/α-hetero) is 1. The van der Waals surface area contributed by atoms with Crippen LogP contribution in [0.25, 0.3) is 5.76 Å². The van der Waals surface area contributed by atoms with Crippen LogP contribution in [0.3, 0.4) is 0 Å². The van der Waals surface area contributed by atoms with Gasteiger partial charge in [-0.2, -0.15) is 0 Å². The van der Waals surface area contributed by atoms with Gasteiger partial charge >= 0.3 is 0 Å². The molecule has 1 N–H and O–H groups in total. The number of carbonyl (C=O) groups is 2. The summed E-state index contributed by atoms with van der Waals surface area (Å²) in [7, 11) is 1.50. The predicted molar refractivity (Wildman–Crippen MR) is 135 cm³/mol. The standard InChI is InChI=1S/C28H28ClNO5/c1-28(2,3)18-9-12-21(34-4)20(16-18)25(31)23-24(22-6-5-15-35-22)30(27(33)26(23)32)14-13-17-7-10-19(29)11-8-17/h5-12,15-16,24,31H,13-14H2,1-4H3/b25-23+. The Bertz CT molecular complexity index is 1270. The fourth-order valence-electron chi connectivity index (χ4n) is 4.26. The third kappa shape index (κ3) is 4.84. The second kappa shape index (κ2) is 9.62. The second-order valence-corrected chi connectivity index (χ2v) is 9.99. The summed E-state index contributed by atoms with van der Waals surface area (Å²) in [5.41, 5.74) is 2.05. The Balaban J connectivity index is 1.80. The number of rotatable bonds is 6. The third-order valence-corrected chi connectivity index (χ3v) is 6.48. The number of hydrogen-bond acceptors (Lipinski definition) is 5. The molecule has 4 rings (SSSR count). The minimum atomic E-state index is -0.861. The van der Waals surface area contributed by atoms with E-state index >= 15 is 0 Å². The molecule has 0 aliphatic carbocycles. The van der Waals surface area contributed by atoms with Gasteiger partial charge < -0.3 is 19.2 Å². The maximum absolute atomic E-state index is 13.3. The van der Waals surface area contributed by atoms with Gasteiger partial charge in [-0.15, -0.1) is 0 Å². The molecular weight excluding hydrogens is 466 g/mol. The normalized spacial score (nSPS) is 17.7. The van der Waals surface area contributed by atoms with Crippen molar-refractivity contribution in [3.63, 3.8) is 0 Å². The number of benzene rings is 2. The monoisotopic (exact) mass is 493 g/mol. The summed E-state index contributed by atoms with van der Waals surface area (Å²) in [6.07, 6.45) is 1.99. The van der Waals surface area contributed by atoms with Crippen molar-refractivity contribution in [3.8, 4) is 5.75 Å². The molecule has 1 aliphatic heterocycles. The molecule has 2 aromatic carbocycles. The van der Waals surface area contributed by atoms with E-state index in [9.17, 15) is 14.7 Å². The van der Waals surface area contributed by atoms with Gasteiger partial charge in [0, 0.05) is 11.6 Å². The summed E-state index contributed by atoms with van der Waals surface area (Å²) < 4.78 is 11.1. The van der Waals surface area contributed by atoms with E-state index in [0.29, 0.717) is 28.5 Å². The summed E-state index contributed by atoms with van der Waals surface area (Å²) in [6.45, 7) is 6.42.